The van der Waals surface area contributed by atoms with E-state index in [1.54, 1.807) is 19.1 Å². The average molecular weight is 279 g/mol. The first-order chi connectivity index (χ1) is 9.52. The number of benzene rings is 1. The number of amides is 1. The van der Waals surface area contributed by atoms with E-state index in [-0.39, 0.29) is 17.7 Å². The number of ether oxygens (including phenoxy) is 1. The van der Waals surface area contributed by atoms with Gasteiger partial charge in [-0.05, 0) is 25.8 Å². The number of carbonyl (C=O) groups is 1. The Morgan fingerprint density at radius 3 is 2.90 bits per heavy atom. The molecule has 108 valence electrons. The van der Waals surface area contributed by atoms with Gasteiger partial charge in [0.15, 0.2) is 0 Å². The molecule has 1 aromatic rings. The Kier molecular flexibility index (Phi) is 4.31. The van der Waals surface area contributed by atoms with E-state index >= 15 is 0 Å². The number of nitro benzene ring substituents is 1. The minimum Gasteiger partial charge on any atom is -0.364 e. The van der Waals surface area contributed by atoms with E-state index in [4.69, 9.17) is 10.5 Å². The lowest BCUT2D eigenvalue weighted by Gasteiger charge is -2.14. The second-order valence-corrected chi connectivity index (χ2v) is 4.76. The van der Waals surface area contributed by atoms with Crippen molar-refractivity contribution in [2.24, 2.45) is 5.73 Å². The minimum absolute atomic E-state index is 0.0185. The summed E-state index contributed by atoms with van der Waals surface area (Å²) in [5.74, 6) is -0.287. The van der Waals surface area contributed by atoms with Gasteiger partial charge in [0.2, 0.25) is 0 Å². The van der Waals surface area contributed by atoms with Crippen LogP contribution >= 0.6 is 0 Å². The zero-order valence-corrected chi connectivity index (χ0v) is 11.2. The van der Waals surface area contributed by atoms with Crippen molar-refractivity contribution in [3.63, 3.8) is 0 Å². The third-order valence-corrected chi connectivity index (χ3v) is 3.42. The molecular formula is C13H17N3O4. The number of nitro groups is 1. The van der Waals surface area contributed by atoms with Crippen molar-refractivity contribution in [1.29, 1.82) is 0 Å². The molecule has 0 spiro atoms. The first kappa shape index (κ1) is 14.4. The van der Waals surface area contributed by atoms with Crippen molar-refractivity contribution >= 4 is 17.3 Å². The molecule has 1 fully saturated rings. The van der Waals surface area contributed by atoms with Gasteiger partial charge in [0.1, 0.15) is 6.10 Å². The molecule has 1 aliphatic heterocycles. The van der Waals surface area contributed by atoms with Crippen molar-refractivity contribution in [2.45, 2.75) is 32.0 Å². The topological polar surface area (TPSA) is 107 Å². The molecule has 1 saturated heterocycles. The zero-order chi connectivity index (χ0) is 14.7. The number of nitrogens with two attached hydrogens (primary N) is 1. The normalized spacial score (nSPS) is 21.7. The fourth-order valence-electron chi connectivity index (χ4n) is 2.24. The summed E-state index contributed by atoms with van der Waals surface area (Å²) in [4.78, 5) is 22.4. The summed E-state index contributed by atoms with van der Waals surface area (Å²) in [6, 6.07) is 4.58. The highest BCUT2D eigenvalue weighted by molar-refractivity contribution is 5.95. The van der Waals surface area contributed by atoms with Crippen LogP contribution in [0.25, 0.3) is 0 Å². The predicted molar refractivity (Wildman–Crippen MR) is 73.4 cm³/mol. The van der Waals surface area contributed by atoms with Gasteiger partial charge in [0.05, 0.1) is 22.3 Å². The van der Waals surface area contributed by atoms with Crippen molar-refractivity contribution in [2.75, 3.05) is 11.9 Å². The molecule has 2 atom stereocenters. The lowest BCUT2D eigenvalue weighted by molar-refractivity contribution is -0.385. The van der Waals surface area contributed by atoms with Crippen molar-refractivity contribution in [1.82, 2.24) is 0 Å². The number of rotatable bonds is 4. The molecule has 0 aliphatic carbocycles. The molecule has 20 heavy (non-hydrogen) atoms. The molecule has 0 aromatic heterocycles. The third-order valence-electron chi connectivity index (χ3n) is 3.42. The molecule has 7 nitrogen and oxygen atoms in total. The van der Waals surface area contributed by atoms with Crippen LogP contribution in [0, 0.1) is 17.0 Å². The SMILES string of the molecule is Cc1c(NC(=O)[C@@H]2CC[C@H](CN)O2)cccc1[N+](=O)[O-]. The molecule has 2 rings (SSSR count). The van der Waals surface area contributed by atoms with E-state index in [1.165, 1.54) is 6.07 Å². The van der Waals surface area contributed by atoms with Crippen LogP contribution in [0.5, 0.6) is 0 Å². The lowest BCUT2D eigenvalue weighted by atomic mass is 10.1. The number of carbonyl (C=O) groups excluding carboxylic acids is 1. The van der Waals surface area contributed by atoms with Crippen molar-refractivity contribution in [3.05, 3.63) is 33.9 Å². The Labute approximate surface area is 116 Å². The fourth-order valence-corrected chi connectivity index (χ4v) is 2.24. The molecule has 1 aromatic carbocycles. The Morgan fingerprint density at radius 2 is 2.30 bits per heavy atom. The van der Waals surface area contributed by atoms with Crippen molar-refractivity contribution in [3.8, 4) is 0 Å². The van der Waals surface area contributed by atoms with E-state index < -0.39 is 11.0 Å². The van der Waals surface area contributed by atoms with Gasteiger partial charge in [0.25, 0.3) is 11.6 Å². The zero-order valence-electron chi connectivity index (χ0n) is 11.2. The standard InChI is InChI=1S/C13H17N3O4/c1-8-10(3-2-4-11(8)16(18)19)15-13(17)12-6-5-9(7-14)20-12/h2-4,9,12H,5-7,14H2,1H3,(H,15,17)/t9-,12+/m1/s1. The van der Waals surface area contributed by atoms with E-state index in [9.17, 15) is 14.9 Å². The second-order valence-electron chi connectivity index (χ2n) is 4.76. The summed E-state index contributed by atoms with van der Waals surface area (Å²) in [5.41, 5.74) is 6.34. The summed E-state index contributed by atoms with van der Waals surface area (Å²) in [5, 5.41) is 13.5. The van der Waals surface area contributed by atoms with Gasteiger partial charge in [0, 0.05) is 12.6 Å². The number of nitrogens with one attached hydrogen (secondary N) is 1. The van der Waals surface area contributed by atoms with E-state index in [2.05, 4.69) is 5.32 Å². The molecule has 1 amide bonds. The Morgan fingerprint density at radius 1 is 1.55 bits per heavy atom. The quantitative estimate of drug-likeness (QED) is 0.639. The maximum atomic E-state index is 12.1. The maximum Gasteiger partial charge on any atom is 0.274 e. The highest BCUT2D eigenvalue weighted by Crippen LogP contribution is 2.26. The van der Waals surface area contributed by atoms with Gasteiger partial charge < -0.3 is 15.8 Å². The number of hydrogen-bond donors (Lipinski definition) is 2. The summed E-state index contributed by atoms with van der Waals surface area (Å²) < 4.78 is 5.49. The van der Waals surface area contributed by atoms with E-state index in [0.29, 0.717) is 24.2 Å². The lowest BCUT2D eigenvalue weighted by Crippen LogP contribution is -2.30. The van der Waals surface area contributed by atoms with Gasteiger partial charge in [-0.1, -0.05) is 6.07 Å². The minimum atomic E-state index is -0.540. The van der Waals surface area contributed by atoms with Crippen molar-refractivity contribution < 1.29 is 14.5 Å². The van der Waals surface area contributed by atoms with Crippen LogP contribution in [0.3, 0.4) is 0 Å². The van der Waals surface area contributed by atoms with E-state index in [0.717, 1.165) is 6.42 Å². The molecule has 3 N–H and O–H groups in total. The Balaban J connectivity index is 2.09. The van der Waals surface area contributed by atoms with Crippen LogP contribution < -0.4 is 11.1 Å². The number of hydrogen-bond acceptors (Lipinski definition) is 5. The molecule has 0 saturated carbocycles. The first-order valence-electron chi connectivity index (χ1n) is 6.43. The highest BCUT2D eigenvalue weighted by Gasteiger charge is 2.30. The van der Waals surface area contributed by atoms with Gasteiger partial charge in [-0.15, -0.1) is 0 Å². The van der Waals surface area contributed by atoms with Gasteiger partial charge in [-0.25, -0.2) is 0 Å². The largest absolute Gasteiger partial charge is 0.364 e. The van der Waals surface area contributed by atoms with Crippen LogP contribution in [0.2, 0.25) is 0 Å². The fraction of sp³-hybridized carbons (Fsp3) is 0.462. The van der Waals surface area contributed by atoms with Gasteiger partial charge >= 0.3 is 0 Å². The predicted octanol–water partition coefficient (Wildman–Crippen LogP) is 1.35. The summed E-state index contributed by atoms with van der Waals surface area (Å²) in [7, 11) is 0. The van der Waals surface area contributed by atoms with Crippen LogP contribution in [-0.4, -0.2) is 29.6 Å². The first-order valence-corrected chi connectivity index (χ1v) is 6.43. The molecule has 1 aliphatic rings. The highest BCUT2D eigenvalue weighted by atomic mass is 16.6. The van der Waals surface area contributed by atoms with Gasteiger partial charge in [-0.3, -0.25) is 14.9 Å². The monoisotopic (exact) mass is 279 g/mol. The summed E-state index contributed by atoms with van der Waals surface area (Å²) >= 11 is 0. The molecule has 0 bridgehead atoms. The van der Waals surface area contributed by atoms with Crippen LogP contribution in [0.4, 0.5) is 11.4 Å². The van der Waals surface area contributed by atoms with Crippen LogP contribution in [0.1, 0.15) is 18.4 Å². The average Bonchev–Trinajstić information content (AvgIpc) is 2.89. The Hall–Kier alpha value is -1.99. The second kappa shape index (κ2) is 5.98. The molecule has 0 radical (unpaired) electrons. The third kappa shape index (κ3) is 2.94. The molecule has 0 unspecified atom stereocenters. The number of anilines is 1. The summed E-state index contributed by atoms with van der Waals surface area (Å²) in [6.45, 7) is 1.99. The molecule has 7 heteroatoms. The van der Waals surface area contributed by atoms with E-state index in [1.807, 2.05) is 0 Å². The molecular weight excluding hydrogens is 262 g/mol. The van der Waals surface area contributed by atoms with Crippen LogP contribution in [0.15, 0.2) is 18.2 Å². The molecule has 1 heterocycles. The Bertz CT molecular complexity index is 532. The smallest absolute Gasteiger partial charge is 0.274 e. The van der Waals surface area contributed by atoms with Crippen LogP contribution in [-0.2, 0) is 9.53 Å². The summed E-state index contributed by atoms with van der Waals surface area (Å²) in [6.07, 6.45) is 0.739. The van der Waals surface area contributed by atoms with Gasteiger partial charge in [-0.2, -0.15) is 0 Å². The number of nitrogens with zero attached hydrogens (tertiary/aromatic N) is 1. The maximum absolute atomic E-state index is 12.1.